The summed E-state index contributed by atoms with van der Waals surface area (Å²) < 4.78 is 0. The number of hydrogen-bond donors (Lipinski definition) is 35. The third kappa shape index (κ3) is 44.5. The highest BCUT2D eigenvalue weighted by Crippen LogP contribution is 2.24. The highest BCUT2D eigenvalue weighted by molar-refractivity contribution is 7.80. The van der Waals surface area contributed by atoms with Gasteiger partial charge in [0.05, 0.1) is 0 Å². The van der Waals surface area contributed by atoms with Crippen molar-refractivity contribution in [1.29, 1.82) is 21.6 Å². The standard InChI is InChI=1S/C89H137N31O20S2/c90-35-5-3-15-58(110-73(128)60(19-10-40-106-88(100)139)112-77(132)63(44-49-24-29-54(121)30-25-49)116-81(136)67(48-142)119-79(134)65(46-51-23-28-52-13-1-2-14-53(52)43-51)115-72(127)57(17-8-38-104-86(96)97)108-69(123)22-4-6-36-102-84(92)93)75(130)114-62(33-34-70(124)125)83(138)120-42-12-21-68(120)82(137)117-64(45-50-26-31-55(122)32-27-50)78(133)113-59(18-9-39-105-87(98)99)74(129)111-61(20-11-41-107-89(101)140)76(131)118-66(47-141)80(135)109-56(71(91)126)16-7-37-103-85(94)95/h1-2,13-14,23-32,43,56-68,121-122,141-142H,3-12,15-22,33-42,44-48,90H2,(H2,91,126)(H,108,123)(H,109,135)(H,110,128)(H,111,129)(H,112,132)(H,113,133)(H,114,130)(H,115,127)(H,116,136)(H,117,137)(H,118,131)(H,119,134)(H,124,125)(H4,92,93,102)(H4,94,95,103)(H4,96,97,104)(H4,98,99,105)(H3,100,106,139)(H3,101,107,140)/t56-,57-,58-,59-,60-,61-,62+,63-,64-,65-,66-,67-,68-/m0/s1. The maximum atomic E-state index is 15.2. The monoisotopic (exact) mass is 2020 g/mol. The molecule has 18 amide bonds. The molecule has 780 valence electrons. The predicted octanol–water partition coefficient (Wildman–Crippen LogP) is -6.23. The number of primary amides is 3. The van der Waals surface area contributed by atoms with Crippen molar-refractivity contribution in [2.45, 2.75) is 226 Å². The van der Waals surface area contributed by atoms with Crippen molar-refractivity contribution in [2.75, 3.05) is 63.9 Å². The van der Waals surface area contributed by atoms with E-state index in [1.54, 1.807) is 24.3 Å². The molecule has 1 heterocycles. The topological polar surface area (TPSA) is 874 Å². The molecular weight excluding hydrogens is 1890 g/mol. The maximum Gasteiger partial charge on any atom is 0.312 e. The van der Waals surface area contributed by atoms with Crippen LogP contribution in [0.5, 0.6) is 11.5 Å². The van der Waals surface area contributed by atoms with Crippen molar-refractivity contribution in [1.82, 2.24) is 101 Å². The van der Waals surface area contributed by atoms with E-state index in [0.29, 0.717) is 36.1 Å². The lowest BCUT2D eigenvalue weighted by atomic mass is 10.00. The Bertz CT molecular complexity index is 4970. The van der Waals surface area contributed by atoms with Gasteiger partial charge in [0.1, 0.15) is 90.0 Å². The normalized spacial score (nSPS) is 14.5. The maximum absolute atomic E-state index is 15.2. The molecule has 0 spiro atoms. The van der Waals surface area contributed by atoms with Crippen LogP contribution in [0.25, 0.3) is 10.8 Å². The van der Waals surface area contributed by atoms with Crippen molar-refractivity contribution in [2.24, 2.45) is 45.9 Å². The number of nitrogens with two attached hydrogens (primary N) is 8. The number of thiol groups is 2. The second-order valence-corrected chi connectivity index (χ2v) is 34.4. The molecular formula is C89H137N31O20S2. The van der Waals surface area contributed by atoms with Crippen LogP contribution in [0, 0.1) is 21.6 Å². The van der Waals surface area contributed by atoms with Crippen LogP contribution in [0.4, 0.5) is 9.59 Å². The number of phenols is 2. The summed E-state index contributed by atoms with van der Waals surface area (Å²) in [6, 6.07) is 1.37. The van der Waals surface area contributed by atoms with E-state index >= 15 is 28.8 Å². The van der Waals surface area contributed by atoms with Crippen LogP contribution in [0.15, 0.2) is 91.0 Å². The van der Waals surface area contributed by atoms with Gasteiger partial charge >= 0.3 is 18.0 Å². The molecule has 51 nitrogen and oxygen atoms in total. The molecule has 4 aromatic carbocycles. The Morgan fingerprint density at radius 3 is 1.08 bits per heavy atom. The summed E-state index contributed by atoms with van der Waals surface area (Å²) in [7, 11) is 0. The van der Waals surface area contributed by atoms with Crippen LogP contribution in [0.3, 0.4) is 0 Å². The van der Waals surface area contributed by atoms with Gasteiger partial charge in [-0.15, -0.1) is 0 Å². The number of unbranched alkanes of at least 4 members (excludes halogenated alkanes) is 2. The average molecular weight is 2030 g/mol. The summed E-state index contributed by atoms with van der Waals surface area (Å²) in [6.07, 6.45) is -2.11. The lowest BCUT2D eigenvalue weighted by Gasteiger charge is -2.31. The summed E-state index contributed by atoms with van der Waals surface area (Å²) in [6.45, 7) is 0.0559. The number of guanidine groups is 4. The van der Waals surface area contributed by atoms with Gasteiger partial charge in [0.25, 0.3) is 0 Å². The molecule has 5 rings (SSSR count). The molecule has 0 unspecified atom stereocenters. The van der Waals surface area contributed by atoms with Gasteiger partial charge in [-0.05, 0) is 174 Å². The van der Waals surface area contributed by atoms with Crippen molar-refractivity contribution < 1.29 is 96.8 Å². The van der Waals surface area contributed by atoms with Gasteiger partial charge in [-0.2, -0.15) is 25.3 Å². The average Bonchev–Trinajstić information content (AvgIpc) is 1.78. The number of likely N-dealkylation sites (tertiary alicyclic amines) is 1. The summed E-state index contributed by atoms with van der Waals surface area (Å²) in [5, 5.41) is 109. The van der Waals surface area contributed by atoms with Gasteiger partial charge in [0.15, 0.2) is 23.8 Å². The van der Waals surface area contributed by atoms with Crippen LogP contribution in [0.1, 0.15) is 145 Å². The Balaban J connectivity index is 1.46. The van der Waals surface area contributed by atoms with Gasteiger partial charge < -0.3 is 162 Å². The fraction of sp³-hybridized carbons (Fsp3) is 0.517. The van der Waals surface area contributed by atoms with Gasteiger partial charge in [-0.3, -0.25) is 93.6 Å². The van der Waals surface area contributed by atoms with E-state index in [1.165, 1.54) is 48.5 Å². The molecule has 0 saturated carbocycles. The van der Waals surface area contributed by atoms with Gasteiger partial charge in [0, 0.05) is 89.4 Å². The highest BCUT2D eigenvalue weighted by Gasteiger charge is 2.42. The number of carbonyl (C=O) groups is 17. The smallest absolute Gasteiger partial charge is 0.312 e. The summed E-state index contributed by atoms with van der Waals surface area (Å²) >= 11 is 8.68. The lowest BCUT2D eigenvalue weighted by molar-refractivity contribution is -0.143. The van der Waals surface area contributed by atoms with E-state index < -0.39 is 204 Å². The van der Waals surface area contributed by atoms with E-state index in [-0.39, 0.29) is 203 Å². The Hall–Kier alpha value is -14.9. The van der Waals surface area contributed by atoms with Gasteiger partial charge in [-0.1, -0.05) is 66.7 Å². The van der Waals surface area contributed by atoms with Crippen molar-refractivity contribution in [3.63, 3.8) is 0 Å². The highest BCUT2D eigenvalue weighted by atomic mass is 32.1. The number of aromatic hydroxyl groups is 2. The first-order valence-electron chi connectivity index (χ1n) is 46.4. The zero-order valence-electron chi connectivity index (χ0n) is 78.7. The number of carboxylic acid groups (broad SMARTS) is 1. The van der Waals surface area contributed by atoms with E-state index in [9.17, 15) is 68.1 Å². The Morgan fingerprint density at radius 2 is 0.683 bits per heavy atom. The van der Waals surface area contributed by atoms with Crippen molar-refractivity contribution in [3.05, 3.63) is 108 Å². The van der Waals surface area contributed by atoms with Gasteiger partial charge in [0.2, 0.25) is 82.7 Å². The molecule has 4 aromatic rings. The third-order valence-corrected chi connectivity index (χ3v) is 23.2. The number of aliphatic carboxylic acids is 1. The Morgan fingerprint density at radius 1 is 0.352 bits per heavy atom. The molecule has 1 aliphatic heterocycles. The number of hydrogen-bond acceptors (Lipinski definition) is 26. The number of carboxylic acids is 1. The van der Waals surface area contributed by atoms with Crippen LogP contribution in [-0.4, -0.2) is 287 Å². The SMILES string of the molecule is N=C(N)NCCCCC(=O)N[C@@H](CCCNC(=N)N)C(=O)N[C@@H](Cc1ccc2ccccc2c1)C(=O)N[C@@H](CS)C(=O)N[C@@H](Cc1ccc(O)cc1)C(=O)N[C@@H](CCCNC(N)=O)C(=O)N[C@@H](CCCCN)C(=O)N[C@H](CCC(=O)O)C(=O)N1CCC[C@H]1C(=O)N[C@@H](Cc1ccc(O)cc1)C(=O)N[C@@H](CCCNC(=N)N)C(=O)N[C@@H](CCCNC(N)=O)C(=O)N[C@@H](CS)C(=O)N[C@@H](CCCNC(=N)N)C(N)=O. The first-order valence-corrected chi connectivity index (χ1v) is 47.6. The zero-order valence-corrected chi connectivity index (χ0v) is 80.5. The summed E-state index contributed by atoms with van der Waals surface area (Å²) in [4.78, 5) is 241. The van der Waals surface area contributed by atoms with Crippen molar-refractivity contribution in [3.8, 4) is 11.5 Å². The molecule has 41 N–H and O–H groups in total. The van der Waals surface area contributed by atoms with E-state index in [4.69, 9.17) is 67.5 Å². The number of carbonyl (C=O) groups excluding carboxylic acids is 16. The van der Waals surface area contributed by atoms with E-state index in [2.05, 4.69) is 121 Å². The number of phenolic OH excluding ortho intramolecular Hbond substituents is 2. The second-order valence-electron chi connectivity index (χ2n) is 33.7. The number of urea groups is 2. The number of amides is 18. The molecule has 1 aliphatic rings. The number of nitrogens with one attached hydrogen (secondary N) is 22. The fourth-order valence-electron chi connectivity index (χ4n) is 15.0. The molecule has 0 bridgehead atoms. The molecule has 0 radical (unpaired) electrons. The zero-order chi connectivity index (χ0) is 105. The van der Waals surface area contributed by atoms with Crippen LogP contribution >= 0.6 is 25.3 Å². The Labute approximate surface area is 830 Å². The minimum absolute atomic E-state index is 0.00958. The third-order valence-electron chi connectivity index (χ3n) is 22.5. The van der Waals surface area contributed by atoms with Gasteiger partial charge in [-0.25, -0.2) is 9.59 Å². The number of fused-ring (bicyclic) bond motifs is 1. The molecule has 53 heteroatoms. The molecule has 13 atom stereocenters. The Kier molecular flexibility index (Phi) is 52.1. The fourth-order valence-corrected chi connectivity index (χ4v) is 15.5. The lowest BCUT2D eigenvalue weighted by Crippen LogP contribution is -2.61. The van der Waals surface area contributed by atoms with E-state index in [0.717, 1.165) is 15.7 Å². The van der Waals surface area contributed by atoms with Crippen LogP contribution < -0.4 is 142 Å². The van der Waals surface area contributed by atoms with E-state index in [1.807, 2.05) is 18.2 Å². The first-order chi connectivity index (χ1) is 67.6. The number of benzene rings is 4. The number of rotatable bonds is 65. The number of nitrogens with zero attached hydrogens (tertiary/aromatic N) is 1. The molecule has 1 saturated heterocycles. The summed E-state index contributed by atoms with van der Waals surface area (Å²) in [5.74, 6) is -17.5. The van der Waals surface area contributed by atoms with Crippen LogP contribution in [-0.2, 0) is 91.2 Å². The quantitative estimate of drug-likeness (QED) is 0.00846. The molecule has 142 heavy (non-hydrogen) atoms. The van der Waals surface area contributed by atoms with Crippen LogP contribution in [0.2, 0.25) is 0 Å². The molecule has 0 aromatic heterocycles. The molecule has 0 aliphatic carbocycles. The largest absolute Gasteiger partial charge is 0.508 e. The minimum Gasteiger partial charge on any atom is -0.508 e. The second kappa shape index (κ2) is 62.9. The minimum atomic E-state index is -1.79. The van der Waals surface area contributed by atoms with Crippen molar-refractivity contribution >= 4 is 161 Å². The predicted molar refractivity (Wildman–Crippen MR) is 531 cm³/mol. The molecule has 1 fully saturated rings. The summed E-state index contributed by atoms with van der Waals surface area (Å²) in [5.41, 5.74) is 45.2. The first kappa shape index (κ1) is 118.